The van der Waals surface area contributed by atoms with Gasteiger partial charge in [0.1, 0.15) is 0 Å². The highest BCUT2D eigenvalue weighted by atomic mass is 16.6. The van der Waals surface area contributed by atoms with E-state index in [1.165, 1.54) is 6.07 Å². The quantitative estimate of drug-likeness (QED) is 0.596. The minimum absolute atomic E-state index is 0.162. The largest absolute Gasteiger partial charge is 0.307 e. The number of benzene rings is 1. The van der Waals surface area contributed by atoms with E-state index in [1.807, 2.05) is 6.07 Å². The minimum atomic E-state index is -0.337. The lowest BCUT2D eigenvalue weighted by Gasteiger charge is -2.27. The maximum absolute atomic E-state index is 10.8. The number of nitrogens with one attached hydrogen (secondary N) is 1. The van der Waals surface area contributed by atoms with E-state index in [0.29, 0.717) is 12.0 Å². The maximum atomic E-state index is 10.8. The molecule has 0 aromatic heterocycles. The summed E-state index contributed by atoms with van der Waals surface area (Å²) in [5.74, 6) is 0.553. The molecule has 0 spiro atoms. The van der Waals surface area contributed by atoms with Crippen molar-refractivity contribution in [3.8, 4) is 0 Å². The first kappa shape index (κ1) is 15.6. The zero-order chi connectivity index (χ0) is 14.4. The summed E-state index contributed by atoms with van der Waals surface area (Å²) in [5.41, 5.74) is 1.16. The van der Waals surface area contributed by atoms with E-state index in [4.69, 9.17) is 0 Å². The highest BCUT2D eigenvalue weighted by molar-refractivity contribution is 5.35. The Balaban J connectivity index is 2.90. The Bertz CT molecular complexity index is 418. The zero-order valence-electron chi connectivity index (χ0n) is 12.2. The number of hydrogen-bond acceptors (Lipinski definition) is 3. The summed E-state index contributed by atoms with van der Waals surface area (Å²) in [7, 11) is 0. The first-order chi connectivity index (χ1) is 8.99. The summed E-state index contributed by atoms with van der Waals surface area (Å²) in [6.45, 7) is 8.66. The molecule has 0 aliphatic carbocycles. The lowest BCUT2D eigenvalue weighted by molar-refractivity contribution is -0.384. The van der Waals surface area contributed by atoms with Crippen molar-refractivity contribution in [2.24, 2.45) is 5.92 Å². The van der Waals surface area contributed by atoms with Gasteiger partial charge in [-0.05, 0) is 24.3 Å². The van der Waals surface area contributed by atoms with E-state index >= 15 is 0 Å². The van der Waals surface area contributed by atoms with Gasteiger partial charge in [0.05, 0.1) is 4.92 Å². The van der Waals surface area contributed by atoms with Crippen LogP contribution in [0.1, 0.15) is 52.1 Å². The van der Waals surface area contributed by atoms with Crippen molar-refractivity contribution in [2.45, 2.75) is 52.6 Å². The summed E-state index contributed by atoms with van der Waals surface area (Å²) in [5, 5.41) is 14.4. The van der Waals surface area contributed by atoms with E-state index < -0.39 is 0 Å². The van der Waals surface area contributed by atoms with E-state index in [9.17, 15) is 10.1 Å². The number of hydrogen-bond donors (Lipinski definition) is 1. The van der Waals surface area contributed by atoms with Gasteiger partial charge in [0, 0.05) is 24.2 Å². The predicted molar refractivity (Wildman–Crippen MR) is 78.2 cm³/mol. The third-order valence-electron chi connectivity index (χ3n) is 3.55. The first-order valence-corrected chi connectivity index (χ1v) is 6.99. The highest BCUT2D eigenvalue weighted by Gasteiger charge is 2.18. The van der Waals surface area contributed by atoms with Gasteiger partial charge in [0.2, 0.25) is 0 Å². The van der Waals surface area contributed by atoms with Crippen LogP contribution in [0.5, 0.6) is 0 Å². The molecule has 0 bridgehead atoms. The van der Waals surface area contributed by atoms with E-state index in [0.717, 1.165) is 18.4 Å². The molecule has 4 heteroatoms. The molecule has 2 unspecified atom stereocenters. The molecule has 0 heterocycles. The van der Waals surface area contributed by atoms with Gasteiger partial charge in [-0.3, -0.25) is 10.1 Å². The second-order valence-electron chi connectivity index (χ2n) is 5.24. The van der Waals surface area contributed by atoms with Crippen LogP contribution in [0.4, 0.5) is 5.69 Å². The molecule has 0 saturated carbocycles. The number of rotatable bonds is 7. The summed E-state index contributed by atoms with van der Waals surface area (Å²) in [6, 6.07) is 7.54. The average Bonchev–Trinajstić information content (AvgIpc) is 2.39. The SMILES string of the molecule is CCC(NC(CC)C(C)C)c1cccc([N+](=O)[O-])c1. The van der Waals surface area contributed by atoms with Crippen LogP contribution in [0.2, 0.25) is 0 Å². The van der Waals surface area contributed by atoms with Crippen molar-refractivity contribution >= 4 is 5.69 Å². The van der Waals surface area contributed by atoms with Gasteiger partial charge in [-0.15, -0.1) is 0 Å². The topological polar surface area (TPSA) is 55.2 Å². The maximum Gasteiger partial charge on any atom is 0.269 e. The molecule has 1 aromatic carbocycles. The van der Waals surface area contributed by atoms with Crippen LogP contribution in [-0.4, -0.2) is 11.0 Å². The third-order valence-corrected chi connectivity index (χ3v) is 3.55. The van der Waals surface area contributed by atoms with Crippen LogP contribution in [0, 0.1) is 16.0 Å². The van der Waals surface area contributed by atoms with Crippen molar-refractivity contribution < 1.29 is 4.92 Å². The van der Waals surface area contributed by atoms with Gasteiger partial charge in [-0.25, -0.2) is 0 Å². The van der Waals surface area contributed by atoms with Crippen molar-refractivity contribution in [3.63, 3.8) is 0 Å². The molecule has 4 nitrogen and oxygen atoms in total. The van der Waals surface area contributed by atoms with Crippen molar-refractivity contribution in [3.05, 3.63) is 39.9 Å². The molecule has 1 rings (SSSR count). The molecule has 106 valence electrons. The molecule has 19 heavy (non-hydrogen) atoms. The number of non-ortho nitro benzene ring substituents is 1. The Morgan fingerprint density at radius 1 is 1.26 bits per heavy atom. The summed E-state index contributed by atoms with van der Waals surface area (Å²) in [6.07, 6.45) is 1.98. The van der Waals surface area contributed by atoms with Crippen LogP contribution < -0.4 is 5.32 Å². The Hall–Kier alpha value is -1.42. The predicted octanol–water partition coefficient (Wildman–Crippen LogP) is 4.07. The normalized spacial score (nSPS) is 14.4. The molecule has 2 atom stereocenters. The second kappa shape index (κ2) is 7.24. The number of nitrogens with zero attached hydrogens (tertiary/aromatic N) is 1. The van der Waals surface area contributed by atoms with E-state index in [1.54, 1.807) is 12.1 Å². The molecular formula is C15H24N2O2. The summed E-state index contributed by atoms with van der Waals surface area (Å²) < 4.78 is 0. The fraction of sp³-hybridized carbons (Fsp3) is 0.600. The molecule has 1 aromatic rings. The monoisotopic (exact) mass is 264 g/mol. The number of nitro benzene ring substituents is 1. The van der Waals surface area contributed by atoms with Crippen molar-refractivity contribution in [2.75, 3.05) is 0 Å². The van der Waals surface area contributed by atoms with Gasteiger partial charge in [0.25, 0.3) is 5.69 Å². The first-order valence-electron chi connectivity index (χ1n) is 6.99. The molecule has 0 fully saturated rings. The van der Waals surface area contributed by atoms with Gasteiger partial charge in [-0.1, -0.05) is 39.8 Å². The fourth-order valence-corrected chi connectivity index (χ4v) is 2.35. The molecule has 0 saturated heterocycles. The van der Waals surface area contributed by atoms with Gasteiger partial charge < -0.3 is 5.32 Å². The molecule has 0 aliphatic heterocycles. The van der Waals surface area contributed by atoms with Crippen LogP contribution in [-0.2, 0) is 0 Å². The Labute approximate surface area is 115 Å². The fourth-order valence-electron chi connectivity index (χ4n) is 2.35. The average molecular weight is 264 g/mol. The summed E-state index contributed by atoms with van der Waals surface area (Å²) >= 11 is 0. The Kier molecular flexibility index (Phi) is 5.96. The molecular weight excluding hydrogens is 240 g/mol. The molecule has 0 aliphatic rings. The zero-order valence-corrected chi connectivity index (χ0v) is 12.2. The van der Waals surface area contributed by atoms with Crippen LogP contribution in [0.25, 0.3) is 0 Å². The highest BCUT2D eigenvalue weighted by Crippen LogP contribution is 2.23. The Morgan fingerprint density at radius 3 is 2.42 bits per heavy atom. The lowest BCUT2D eigenvalue weighted by atomic mass is 9.97. The van der Waals surface area contributed by atoms with Gasteiger partial charge in [-0.2, -0.15) is 0 Å². The second-order valence-corrected chi connectivity index (χ2v) is 5.24. The Morgan fingerprint density at radius 2 is 1.95 bits per heavy atom. The standard InChI is InChI=1S/C15H24N2O2/c1-5-14(11(3)4)16-15(6-2)12-8-7-9-13(10-12)17(18)19/h7-11,14-16H,5-6H2,1-4H3. The van der Waals surface area contributed by atoms with Crippen LogP contribution >= 0.6 is 0 Å². The third kappa shape index (κ3) is 4.31. The molecule has 1 N–H and O–H groups in total. The molecule has 0 radical (unpaired) electrons. The molecule has 0 amide bonds. The van der Waals surface area contributed by atoms with E-state index in [-0.39, 0.29) is 16.7 Å². The summed E-state index contributed by atoms with van der Waals surface area (Å²) in [4.78, 5) is 10.5. The smallest absolute Gasteiger partial charge is 0.269 e. The van der Waals surface area contributed by atoms with Crippen molar-refractivity contribution in [1.29, 1.82) is 0 Å². The van der Waals surface area contributed by atoms with Crippen LogP contribution in [0.15, 0.2) is 24.3 Å². The van der Waals surface area contributed by atoms with Gasteiger partial charge >= 0.3 is 0 Å². The number of nitro groups is 1. The van der Waals surface area contributed by atoms with Crippen LogP contribution in [0.3, 0.4) is 0 Å². The van der Waals surface area contributed by atoms with E-state index in [2.05, 4.69) is 33.0 Å². The van der Waals surface area contributed by atoms with Gasteiger partial charge in [0.15, 0.2) is 0 Å². The minimum Gasteiger partial charge on any atom is -0.307 e. The van der Waals surface area contributed by atoms with Crippen molar-refractivity contribution in [1.82, 2.24) is 5.32 Å². The lowest BCUT2D eigenvalue weighted by Crippen LogP contribution is -2.36.